The molecule has 0 radical (unpaired) electrons. The largest absolute Gasteiger partial charge is 0.308 e. The van der Waals surface area contributed by atoms with Gasteiger partial charge in [0.15, 0.2) is 5.82 Å². The van der Waals surface area contributed by atoms with Crippen molar-refractivity contribution in [1.29, 1.82) is 0 Å². The van der Waals surface area contributed by atoms with Gasteiger partial charge in [-0.15, -0.1) is 10.2 Å². The number of nitrogens with zero attached hydrogens (tertiary/aromatic N) is 2. The van der Waals surface area contributed by atoms with Crippen molar-refractivity contribution in [3.8, 4) is 0 Å². The Kier molecular flexibility index (Phi) is 2.20. The Hall–Kier alpha value is -1.30. The molecule has 1 fully saturated rings. The summed E-state index contributed by atoms with van der Waals surface area (Å²) >= 11 is 3.31. The maximum atomic E-state index is 13.7. The van der Waals surface area contributed by atoms with Crippen molar-refractivity contribution in [2.45, 2.75) is 35.7 Å². The number of halogens is 2. The van der Waals surface area contributed by atoms with Crippen LogP contribution in [0.5, 0.6) is 0 Å². The first-order valence-electron chi connectivity index (χ1n) is 6.32. The highest BCUT2D eigenvalue weighted by molar-refractivity contribution is 9.09. The van der Waals surface area contributed by atoms with Gasteiger partial charge in [0.1, 0.15) is 6.17 Å². The van der Waals surface area contributed by atoms with Gasteiger partial charge in [0, 0.05) is 10.8 Å². The molecule has 1 aliphatic heterocycles. The molecule has 1 aromatic heterocycles. The Morgan fingerprint density at radius 3 is 2.84 bits per heavy atom. The van der Waals surface area contributed by atoms with Crippen LogP contribution in [0.3, 0.4) is 0 Å². The van der Waals surface area contributed by atoms with Crippen molar-refractivity contribution in [1.82, 2.24) is 10.2 Å². The van der Waals surface area contributed by atoms with Crippen LogP contribution in [-0.4, -0.2) is 27.1 Å². The quantitative estimate of drug-likeness (QED) is 0.708. The number of carbonyl (C=O) groups excluding carboxylic acids is 1. The molecular weight excluding hydrogens is 313 g/mol. The van der Waals surface area contributed by atoms with E-state index in [-0.39, 0.29) is 10.7 Å². The van der Waals surface area contributed by atoms with Crippen molar-refractivity contribution in [2.75, 3.05) is 5.32 Å². The third-order valence-corrected chi connectivity index (χ3v) is 5.11. The number of alkyl halides is 2. The molecule has 2 heterocycles. The number of rotatable bonds is 0. The zero-order valence-corrected chi connectivity index (χ0v) is 11.6. The SMILES string of the molecule is O=C1Nc2nnc3c(c2C12CCC2)=CC(Br)C(F)C=3. The highest BCUT2D eigenvalue weighted by Crippen LogP contribution is 2.48. The summed E-state index contributed by atoms with van der Waals surface area (Å²) in [5.41, 5.74) is 0.469. The van der Waals surface area contributed by atoms with Gasteiger partial charge in [-0.05, 0) is 18.9 Å². The van der Waals surface area contributed by atoms with Gasteiger partial charge in [0.2, 0.25) is 5.91 Å². The minimum Gasteiger partial charge on any atom is -0.308 e. The lowest BCUT2D eigenvalue weighted by Gasteiger charge is -2.36. The molecule has 0 bridgehead atoms. The monoisotopic (exact) mass is 323 g/mol. The summed E-state index contributed by atoms with van der Waals surface area (Å²) in [5.74, 6) is 0.559. The van der Waals surface area contributed by atoms with Crippen LogP contribution in [-0.2, 0) is 10.2 Å². The molecule has 2 unspecified atom stereocenters. The van der Waals surface area contributed by atoms with Gasteiger partial charge < -0.3 is 5.32 Å². The zero-order valence-electron chi connectivity index (χ0n) is 9.99. The minimum atomic E-state index is -1.11. The predicted molar refractivity (Wildman–Crippen MR) is 72.0 cm³/mol. The van der Waals surface area contributed by atoms with Crippen LogP contribution >= 0.6 is 15.9 Å². The van der Waals surface area contributed by atoms with E-state index in [4.69, 9.17) is 0 Å². The lowest BCUT2D eigenvalue weighted by Crippen LogP contribution is -2.48. The molecule has 1 saturated carbocycles. The Labute approximate surface area is 116 Å². The van der Waals surface area contributed by atoms with Crippen molar-refractivity contribution in [3.63, 3.8) is 0 Å². The van der Waals surface area contributed by atoms with Crippen molar-refractivity contribution in [3.05, 3.63) is 16.1 Å². The Balaban J connectivity index is 2.07. The smallest absolute Gasteiger partial charge is 0.236 e. The van der Waals surface area contributed by atoms with Crippen LogP contribution in [0.1, 0.15) is 24.8 Å². The van der Waals surface area contributed by atoms with Crippen LogP contribution in [0.2, 0.25) is 0 Å². The average Bonchev–Trinajstić information content (AvgIpc) is 2.63. The van der Waals surface area contributed by atoms with Crippen molar-refractivity contribution in [2.24, 2.45) is 0 Å². The molecule has 0 aromatic carbocycles. The van der Waals surface area contributed by atoms with Crippen molar-refractivity contribution < 1.29 is 9.18 Å². The summed E-state index contributed by atoms with van der Waals surface area (Å²) in [4.78, 5) is 11.8. The zero-order chi connectivity index (χ0) is 13.2. The number of carbonyl (C=O) groups is 1. The maximum absolute atomic E-state index is 13.7. The van der Waals surface area contributed by atoms with Crippen LogP contribution in [0, 0.1) is 0 Å². The van der Waals surface area contributed by atoms with Gasteiger partial charge in [-0.3, -0.25) is 4.79 Å². The topological polar surface area (TPSA) is 54.9 Å². The first-order valence-corrected chi connectivity index (χ1v) is 7.24. The lowest BCUT2D eigenvalue weighted by molar-refractivity contribution is -0.123. The molecule has 2 atom stereocenters. The van der Waals surface area contributed by atoms with Crippen LogP contribution in [0.4, 0.5) is 10.2 Å². The Bertz CT molecular complexity index is 713. The number of hydrogen-bond donors (Lipinski definition) is 1. The number of hydrogen-bond acceptors (Lipinski definition) is 3. The molecule has 6 heteroatoms. The number of amides is 1. The summed E-state index contributed by atoms with van der Waals surface area (Å²) in [6.45, 7) is 0. The number of nitrogens with one attached hydrogen (secondary N) is 1. The average molecular weight is 324 g/mol. The molecule has 19 heavy (non-hydrogen) atoms. The fourth-order valence-electron chi connectivity index (χ4n) is 3.17. The third-order valence-electron chi connectivity index (χ3n) is 4.34. The van der Waals surface area contributed by atoms with Crippen LogP contribution < -0.4 is 15.9 Å². The van der Waals surface area contributed by atoms with Gasteiger partial charge >= 0.3 is 0 Å². The lowest BCUT2D eigenvalue weighted by atomic mass is 9.65. The second-order valence-corrected chi connectivity index (χ2v) is 6.39. The third kappa shape index (κ3) is 1.35. The molecule has 1 N–H and O–H groups in total. The summed E-state index contributed by atoms with van der Waals surface area (Å²) < 4.78 is 13.7. The number of anilines is 1. The van der Waals surface area contributed by atoms with E-state index in [1.807, 2.05) is 6.08 Å². The second kappa shape index (κ2) is 3.62. The second-order valence-electron chi connectivity index (χ2n) is 5.33. The molecule has 1 spiro atoms. The Morgan fingerprint density at radius 1 is 1.37 bits per heavy atom. The molecule has 3 aliphatic rings. The van der Waals surface area contributed by atoms with E-state index >= 15 is 0 Å². The molecular formula is C13H11BrFN3O. The normalized spacial score (nSPS) is 29.7. The van der Waals surface area contributed by atoms with Gasteiger partial charge in [0.05, 0.1) is 15.6 Å². The van der Waals surface area contributed by atoms with E-state index in [9.17, 15) is 9.18 Å². The first kappa shape index (κ1) is 11.5. The standard InChI is InChI=1S/C13H11BrFN3O/c14-7-4-6-9(5-8(7)15)17-18-11-10(6)13(2-1-3-13)12(19)16-11/h4-5,7-8H,1-3H2,(H,16,19). The van der Waals surface area contributed by atoms with E-state index in [1.54, 1.807) is 0 Å². The van der Waals surface area contributed by atoms with E-state index in [0.29, 0.717) is 11.2 Å². The molecule has 1 amide bonds. The molecule has 98 valence electrons. The van der Waals surface area contributed by atoms with E-state index in [0.717, 1.165) is 30.0 Å². The molecule has 4 nitrogen and oxygen atoms in total. The molecule has 0 saturated heterocycles. The maximum Gasteiger partial charge on any atom is 0.236 e. The molecule has 4 rings (SSSR count). The van der Waals surface area contributed by atoms with Gasteiger partial charge in [-0.25, -0.2) is 4.39 Å². The highest BCUT2D eigenvalue weighted by Gasteiger charge is 2.52. The number of fused-ring (bicyclic) bond motifs is 4. The fraction of sp³-hybridized carbons (Fsp3) is 0.462. The molecule has 1 aromatic rings. The Morgan fingerprint density at radius 2 is 2.16 bits per heavy atom. The van der Waals surface area contributed by atoms with E-state index in [2.05, 4.69) is 31.4 Å². The molecule has 2 aliphatic carbocycles. The first-order chi connectivity index (χ1) is 9.12. The summed E-state index contributed by atoms with van der Waals surface area (Å²) in [7, 11) is 0. The van der Waals surface area contributed by atoms with Crippen LogP contribution in [0.15, 0.2) is 0 Å². The summed E-state index contributed by atoms with van der Waals surface area (Å²) in [6, 6.07) is 0. The van der Waals surface area contributed by atoms with E-state index < -0.39 is 11.6 Å². The van der Waals surface area contributed by atoms with Gasteiger partial charge in [-0.1, -0.05) is 28.4 Å². The van der Waals surface area contributed by atoms with Gasteiger partial charge in [0.25, 0.3) is 0 Å². The summed E-state index contributed by atoms with van der Waals surface area (Å²) in [5, 5.41) is 12.3. The van der Waals surface area contributed by atoms with Crippen LogP contribution in [0.25, 0.3) is 12.2 Å². The van der Waals surface area contributed by atoms with Gasteiger partial charge in [-0.2, -0.15) is 0 Å². The van der Waals surface area contributed by atoms with Crippen molar-refractivity contribution >= 4 is 39.8 Å². The minimum absolute atomic E-state index is 0.0124. The fourth-order valence-corrected chi connectivity index (χ4v) is 3.59. The highest BCUT2D eigenvalue weighted by atomic mass is 79.9. The number of aromatic nitrogens is 2. The van der Waals surface area contributed by atoms with E-state index in [1.165, 1.54) is 6.08 Å². The summed E-state index contributed by atoms with van der Waals surface area (Å²) in [6.07, 6.45) is 4.89. The predicted octanol–water partition coefficient (Wildman–Crippen LogP) is 0.527.